The highest BCUT2D eigenvalue weighted by Crippen LogP contribution is 2.20. The Bertz CT molecular complexity index is 573. The molecule has 24 heavy (non-hydrogen) atoms. The Hall–Kier alpha value is -1.86. The summed E-state index contributed by atoms with van der Waals surface area (Å²) in [5.41, 5.74) is 0.530. The van der Waals surface area contributed by atoms with Crippen LogP contribution >= 0.6 is 12.2 Å². The van der Waals surface area contributed by atoms with Crippen LogP contribution in [0, 0.1) is 0 Å². The van der Waals surface area contributed by atoms with Gasteiger partial charge >= 0.3 is 5.97 Å². The van der Waals surface area contributed by atoms with Gasteiger partial charge in [-0.25, -0.2) is 4.79 Å². The smallest absolute Gasteiger partial charge is 0.339 e. The average molecular weight is 352 g/mol. The maximum Gasteiger partial charge on any atom is 0.339 e. The van der Waals surface area contributed by atoms with Crippen LogP contribution in [0.25, 0.3) is 0 Å². The summed E-state index contributed by atoms with van der Waals surface area (Å²) in [6.45, 7) is 6.69. The van der Waals surface area contributed by atoms with Crippen molar-refractivity contribution in [2.75, 3.05) is 19.7 Å². The minimum Gasteiger partial charge on any atom is -0.490 e. The van der Waals surface area contributed by atoms with E-state index in [2.05, 4.69) is 10.6 Å². The molecule has 0 bridgehead atoms. The molecule has 0 spiro atoms. The van der Waals surface area contributed by atoms with E-state index < -0.39 is 17.7 Å². The highest BCUT2D eigenvalue weighted by molar-refractivity contribution is 7.80. The molecule has 1 unspecified atom stereocenters. The predicted octanol–water partition coefficient (Wildman–Crippen LogP) is 1.33. The SMILES string of the molecule is CC(C)(C)OC(=O)C(O)COc1ccc(C2CNC(=S)NC2)cc1. The third kappa shape index (κ3) is 5.65. The first-order chi connectivity index (χ1) is 11.2. The zero-order valence-electron chi connectivity index (χ0n) is 14.2. The van der Waals surface area contributed by atoms with Crippen molar-refractivity contribution in [3.05, 3.63) is 29.8 Å². The number of ether oxygens (including phenoxy) is 2. The molecule has 1 aromatic rings. The van der Waals surface area contributed by atoms with Crippen LogP contribution in [0.5, 0.6) is 5.75 Å². The zero-order chi connectivity index (χ0) is 17.7. The second kappa shape index (κ2) is 7.81. The number of hydrogen-bond acceptors (Lipinski definition) is 5. The molecule has 1 heterocycles. The third-order valence-electron chi connectivity index (χ3n) is 3.46. The van der Waals surface area contributed by atoms with Gasteiger partial charge in [0.15, 0.2) is 11.2 Å². The molecule has 1 fully saturated rings. The molecule has 1 aliphatic heterocycles. The molecular formula is C17H24N2O4S. The van der Waals surface area contributed by atoms with Crippen molar-refractivity contribution in [2.45, 2.75) is 38.4 Å². The van der Waals surface area contributed by atoms with Crippen LogP contribution < -0.4 is 15.4 Å². The van der Waals surface area contributed by atoms with Gasteiger partial charge in [-0.05, 0) is 50.7 Å². The van der Waals surface area contributed by atoms with Gasteiger partial charge in [-0.3, -0.25) is 0 Å². The molecule has 0 aliphatic carbocycles. The first kappa shape index (κ1) is 18.5. The van der Waals surface area contributed by atoms with Gasteiger partial charge in [-0.2, -0.15) is 0 Å². The highest BCUT2D eigenvalue weighted by Gasteiger charge is 2.24. The van der Waals surface area contributed by atoms with Crippen LogP contribution in [0.2, 0.25) is 0 Å². The van der Waals surface area contributed by atoms with E-state index in [-0.39, 0.29) is 6.61 Å². The molecule has 1 saturated heterocycles. The molecule has 0 radical (unpaired) electrons. The van der Waals surface area contributed by atoms with E-state index in [4.69, 9.17) is 21.7 Å². The van der Waals surface area contributed by atoms with Crippen molar-refractivity contribution in [1.29, 1.82) is 0 Å². The Labute approximate surface area is 147 Å². The number of carbonyl (C=O) groups is 1. The van der Waals surface area contributed by atoms with Crippen molar-refractivity contribution in [3.8, 4) is 5.75 Å². The minimum absolute atomic E-state index is 0.144. The molecule has 6 nitrogen and oxygen atoms in total. The summed E-state index contributed by atoms with van der Waals surface area (Å²) >= 11 is 5.04. The maximum absolute atomic E-state index is 11.7. The van der Waals surface area contributed by atoms with Crippen LogP contribution in [0.3, 0.4) is 0 Å². The fourth-order valence-corrected chi connectivity index (χ4v) is 2.42. The molecule has 7 heteroatoms. The molecule has 0 saturated carbocycles. The Morgan fingerprint density at radius 3 is 2.42 bits per heavy atom. The lowest BCUT2D eigenvalue weighted by atomic mass is 9.98. The molecule has 0 aromatic heterocycles. The molecule has 1 aromatic carbocycles. The fraction of sp³-hybridized carbons (Fsp3) is 0.529. The molecule has 2 rings (SSSR count). The van der Waals surface area contributed by atoms with E-state index in [1.54, 1.807) is 20.8 Å². The minimum atomic E-state index is -1.31. The molecule has 1 atom stereocenters. The normalized spacial score (nSPS) is 16.8. The summed E-state index contributed by atoms with van der Waals surface area (Å²) < 4.78 is 10.6. The van der Waals surface area contributed by atoms with E-state index in [1.165, 1.54) is 0 Å². The number of aliphatic hydroxyl groups is 1. The molecule has 1 aliphatic rings. The summed E-state index contributed by atoms with van der Waals surface area (Å²) in [6.07, 6.45) is -1.31. The number of rotatable bonds is 5. The molecule has 3 N–H and O–H groups in total. The van der Waals surface area contributed by atoms with Crippen molar-refractivity contribution in [2.24, 2.45) is 0 Å². The van der Waals surface area contributed by atoms with Crippen LogP contribution in [0.4, 0.5) is 0 Å². The summed E-state index contributed by atoms with van der Waals surface area (Å²) in [5, 5.41) is 16.7. The van der Waals surface area contributed by atoms with E-state index >= 15 is 0 Å². The predicted molar refractivity (Wildman–Crippen MR) is 95.1 cm³/mol. The van der Waals surface area contributed by atoms with Gasteiger partial charge in [0.05, 0.1) is 0 Å². The Kier molecular flexibility index (Phi) is 6.01. The fourth-order valence-electron chi connectivity index (χ4n) is 2.25. The lowest BCUT2D eigenvalue weighted by Gasteiger charge is -2.26. The zero-order valence-corrected chi connectivity index (χ0v) is 15.0. The molecule has 132 valence electrons. The summed E-state index contributed by atoms with van der Waals surface area (Å²) in [7, 11) is 0. The van der Waals surface area contributed by atoms with E-state index in [0.717, 1.165) is 18.7 Å². The number of benzene rings is 1. The first-order valence-corrected chi connectivity index (χ1v) is 8.31. The van der Waals surface area contributed by atoms with Gasteiger partial charge in [0.1, 0.15) is 18.0 Å². The lowest BCUT2D eigenvalue weighted by molar-refractivity contribution is -0.166. The van der Waals surface area contributed by atoms with Crippen LogP contribution in [-0.2, 0) is 9.53 Å². The van der Waals surface area contributed by atoms with E-state index in [1.807, 2.05) is 24.3 Å². The van der Waals surface area contributed by atoms with Gasteiger partial charge < -0.3 is 25.2 Å². The Balaban J connectivity index is 1.83. The number of esters is 1. The Morgan fingerprint density at radius 1 is 1.29 bits per heavy atom. The van der Waals surface area contributed by atoms with Gasteiger partial charge in [-0.15, -0.1) is 0 Å². The van der Waals surface area contributed by atoms with Gasteiger partial charge in [0, 0.05) is 19.0 Å². The van der Waals surface area contributed by atoms with Crippen molar-refractivity contribution >= 4 is 23.3 Å². The number of carbonyl (C=O) groups excluding carboxylic acids is 1. The summed E-state index contributed by atoms with van der Waals surface area (Å²) in [6, 6.07) is 7.59. The Morgan fingerprint density at radius 2 is 1.88 bits per heavy atom. The maximum atomic E-state index is 11.7. The lowest BCUT2D eigenvalue weighted by Crippen LogP contribution is -2.46. The first-order valence-electron chi connectivity index (χ1n) is 7.90. The van der Waals surface area contributed by atoms with E-state index in [9.17, 15) is 9.90 Å². The third-order valence-corrected chi connectivity index (χ3v) is 3.74. The van der Waals surface area contributed by atoms with E-state index in [0.29, 0.717) is 16.8 Å². The highest BCUT2D eigenvalue weighted by atomic mass is 32.1. The summed E-state index contributed by atoms with van der Waals surface area (Å²) in [4.78, 5) is 11.7. The number of aliphatic hydroxyl groups excluding tert-OH is 1. The number of hydrogen-bond donors (Lipinski definition) is 3. The van der Waals surface area contributed by atoms with Crippen LogP contribution in [0.15, 0.2) is 24.3 Å². The summed E-state index contributed by atoms with van der Waals surface area (Å²) in [5.74, 6) is 0.237. The standard InChI is InChI=1S/C17H24N2O4S/c1-17(2,3)23-15(21)14(20)10-22-13-6-4-11(5-7-13)12-8-18-16(24)19-9-12/h4-7,12,14,20H,8-10H2,1-3H3,(H2,18,19,24). The number of nitrogens with one attached hydrogen (secondary N) is 2. The van der Waals surface area contributed by atoms with Gasteiger partial charge in [0.25, 0.3) is 0 Å². The topological polar surface area (TPSA) is 79.8 Å². The van der Waals surface area contributed by atoms with Crippen molar-refractivity contribution in [3.63, 3.8) is 0 Å². The largest absolute Gasteiger partial charge is 0.490 e. The van der Waals surface area contributed by atoms with Crippen LogP contribution in [0.1, 0.15) is 32.3 Å². The second-order valence-corrected chi connectivity index (χ2v) is 7.13. The van der Waals surface area contributed by atoms with Gasteiger partial charge in [-0.1, -0.05) is 12.1 Å². The number of thiocarbonyl (C=S) groups is 1. The average Bonchev–Trinajstić information content (AvgIpc) is 2.52. The second-order valence-electron chi connectivity index (χ2n) is 6.72. The molecule has 0 amide bonds. The van der Waals surface area contributed by atoms with Gasteiger partial charge in [0.2, 0.25) is 0 Å². The molecular weight excluding hydrogens is 328 g/mol. The van der Waals surface area contributed by atoms with Crippen molar-refractivity contribution < 1.29 is 19.4 Å². The van der Waals surface area contributed by atoms with Crippen LogP contribution in [-0.4, -0.2) is 47.6 Å². The van der Waals surface area contributed by atoms with Crippen molar-refractivity contribution in [1.82, 2.24) is 10.6 Å². The quantitative estimate of drug-likeness (QED) is 0.545. The monoisotopic (exact) mass is 352 g/mol.